The number of carbonyl (C=O) groups is 1. The van der Waals surface area contributed by atoms with Gasteiger partial charge >= 0.3 is 6.03 Å². The zero-order valence-electron chi connectivity index (χ0n) is 19.2. The molecule has 6 nitrogen and oxygen atoms in total. The van der Waals surface area contributed by atoms with Gasteiger partial charge in [-0.1, -0.05) is 26.8 Å². The summed E-state index contributed by atoms with van der Waals surface area (Å²) in [5.74, 6) is 3.49. The van der Waals surface area contributed by atoms with Gasteiger partial charge in [-0.3, -0.25) is 0 Å². The number of nitrogens with zero attached hydrogens (tertiary/aromatic N) is 3. The number of aromatic nitrogens is 1. The number of hydrogen-bond acceptors (Lipinski definition) is 4. The highest BCUT2D eigenvalue weighted by molar-refractivity contribution is 5.73. The van der Waals surface area contributed by atoms with Crippen LogP contribution in [0.2, 0.25) is 0 Å². The van der Waals surface area contributed by atoms with E-state index >= 15 is 0 Å². The first-order valence-electron chi connectivity index (χ1n) is 11.9. The first kappa shape index (κ1) is 22.9. The third kappa shape index (κ3) is 7.46. The number of rotatable bonds is 8. The molecule has 0 aromatic carbocycles. The van der Waals surface area contributed by atoms with E-state index in [4.69, 9.17) is 0 Å². The van der Waals surface area contributed by atoms with E-state index in [2.05, 4.69) is 58.3 Å². The van der Waals surface area contributed by atoms with Gasteiger partial charge in [-0.2, -0.15) is 0 Å². The van der Waals surface area contributed by atoms with E-state index in [0.29, 0.717) is 6.54 Å². The largest absolute Gasteiger partial charge is 0.357 e. The average molecular weight is 416 g/mol. The maximum atomic E-state index is 12.1. The highest BCUT2D eigenvalue weighted by atomic mass is 16.2. The second-order valence-corrected chi connectivity index (χ2v) is 9.72. The van der Waals surface area contributed by atoms with Crippen molar-refractivity contribution in [1.82, 2.24) is 20.5 Å². The maximum Gasteiger partial charge on any atom is 0.315 e. The summed E-state index contributed by atoms with van der Waals surface area (Å²) in [5.41, 5.74) is 1.03. The van der Waals surface area contributed by atoms with Crippen LogP contribution < -0.4 is 15.5 Å². The number of nitrogens with one attached hydrogen (secondary N) is 2. The molecule has 2 amide bonds. The highest BCUT2D eigenvalue weighted by Gasteiger charge is 2.21. The van der Waals surface area contributed by atoms with Crippen LogP contribution in [0, 0.1) is 17.8 Å². The van der Waals surface area contributed by atoms with E-state index in [-0.39, 0.29) is 6.03 Å². The Morgan fingerprint density at radius 1 is 1.03 bits per heavy atom. The van der Waals surface area contributed by atoms with E-state index in [1.54, 1.807) is 0 Å². The molecule has 3 rings (SSSR count). The quantitative estimate of drug-likeness (QED) is 0.633. The lowest BCUT2D eigenvalue weighted by Crippen LogP contribution is -2.39. The van der Waals surface area contributed by atoms with Crippen LogP contribution in [0.4, 0.5) is 10.6 Å². The first-order chi connectivity index (χ1) is 14.5. The van der Waals surface area contributed by atoms with Crippen molar-refractivity contribution in [1.29, 1.82) is 0 Å². The highest BCUT2D eigenvalue weighted by Crippen LogP contribution is 2.22. The summed E-state index contributed by atoms with van der Waals surface area (Å²) in [7, 11) is 0. The normalized spacial score (nSPS) is 23.4. The molecule has 1 aromatic rings. The molecule has 30 heavy (non-hydrogen) atoms. The van der Waals surface area contributed by atoms with E-state index in [1.807, 2.05) is 6.20 Å². The fourth-order valence-electron chi connectivity index (χ4n) is 4.83. The summed E-state index contributed by atoms with van der Waals surface area (Å²) in [4.78, 5) is 21.6. The van der Waals surface area contributed by atoms with Crippen molar-refractivity contribution in [3.05, 3.63) is 23.9 Å². The molecule has 168 valence electrons. The number of hydrogen-bond donors (Lipinski definition) is 2. The topological polar surface area (TPSA) is 60.5 Å². The van der Waals surface area contributed by atoms with Gasteiger partial charge in [-0.05, 0) is 68.0 Å². The Balaban J connectivity index is 1.26. The van der Waals surface area contributed by atoms with Crippen molar-refractivity contribution in [2.24, 2.45) is 17.8 Å². The van der Waals surface area contributed by atoms with Crippen molar-refractivity contribution < 1.29 is 4.79 Å². The Morgan fingerprint density at radius 3 is 2.43 bits per heavy atom. The van der Waals surface area contributed by atoms with Gasteiger partial charge in [0, 0.05) is 45.5 Å². The molecule has 2 saturated heterocycles. The summed E-state index contributed by atoms with van der Waals surface area (Å²) >= 11 is 0. The lowest BCUT2D eigenvalue weighted by Gasteiger charge is -2.34. The van der Waals surface area contributed by atoms with Crippen molar-refractivity contribution in [3.8, 4) is 0 Å². The Bertz CT molecular complexity index is 632. The third-order valence-corrected chi connectivity index (χ3v) is 6.50. The minimum absolute atomic E-state index is 0.0932. The SMILES string of the molecule is CC1CCN(c2ccc(CNC(=O)NCCCCN3CC(C)CC(C)C3)cn2)CC1. The second-order valence-electron chi connectivity index (χ2n) is 9.72. The van der Waals surface area contributed by atoms with Gasteiger partial charge in [0.15, 0.2) is 0 Å². The summed E-state index contributed by atoms with van der Waals surface area (Å²) < 4.78 is 0. The molecular formula is C24H41N5O. The van der Waals surface area contributed by atoms with Gasteiger partial charge in [-0.25, -0.2) is 9.78 Å². The number of piperidine rings is 2. The summed E-state index contributed by atoms with van der Waals surface area (Å²) in [6.45, 7) is 14.0. The Hall–Kier alpha value is -1.82. The van der Waals surface area contributed by atoms with Crippen molar-refractivity contribution in [2.45, 2.75) is 59.4 Å². The summed E-state index contributed by atoms with van der Waals surface area (Å²) in [6, 6.07) is 4.05. The zero-order valence-corrected chi connectivity index (χ0v) is 19.2. The average Bonchev–Trinajstić information content (AvgIpc) is 2.72. The number of amides is 2. The Labute approximate surface area is 182 Å². The van der Waals surface area contributed by atoms with Crippen molar-refractivity contribution in [2.75, 3.05) is 44.2 Å². The van der Waals surface area contributed by atoms with Crippen LogP contribution >= 0.6 is 0 Å². The summed E-state index contributed by atoms with van der Waals surface area (Å²) in [5, 5.41) is 5.92. The number of carbonyl (C=O) groups excluding carboxylic acids is 1. The fraction of sp³-hybridized carbons (Fsp3) is 0.750. The molecule has 2 aliphatic heterocycles. The molecule has 2 N–H and O–H groups in total. The van der Waals surface area contributed by atoms with Gasteiger partial charge in [0.05, 0.1) is 0 Å². The van der Waals surface area contributed by atoms with E-state index in [9.17, 15) is 4.79 Å². The molecule has 0 saturated carbocycles. The number of unbranched alkanes of at least 4 members (excludes halogenated alkanes) is 1. The smallest absolute Gasteiger partial charge is 0.315 e. The van der Waals surface area contributed by atoms with Crippen LogP contribution in [0.3, 0.4) is 0 Å². The molecule has 0 radical (unpaired) electrons. The molecule has 1 aromatic heterocycles. The molecule has 0 bridgehead atoms. The molecule has 6 heteroatoms. The minimum Gasteiger partial charge on any atom is -0.357 e. The van der Waals surface area contributed by atoms with Gasteiger partial charge in [0.1, 0.15) is 5.82 Å². The molecule has 2 fully saturated rings. The van der Waals surface area contributed by atoms with E-state index in [0.717, 1.165) is 68.2 Å². The van der Waals surface area contributed by atoms with Gasteiger partial charge in [0.25, 0.3) is 0 Å². The van der Waals surface area contributed by atoms with Gasteiger partial charge in [0.2, 0.25) is 0 Å². The predicted molar refractivity (Wildman–Crippen MR) is 124 cm³/mol. The second kappa shape index (κ2) is 11.5. The standard InChI is InChI=1S/C24H41N5O/c1-19-8-12-29(13-9-19)23-7-6-22(15-26-23)16-27-24(30)25-10-4-5-11-28-17-20(2)14-21(3)18-28/h6-7,15,19-21H,4-5,8-14,16-18H2,1-3H3,(H2,25,27,30). The minimum atomic E-state index is -0.0932. The molecule has 0 aliphatic carbocycles. The van der Waals surface area contributed by atoms with Gasteiger partial charge in [-0.15, -0.1) is 0 Å². The maximum absolute atomic E-state index is 12.1. The molecule has 2 unspecified atom stereocenters. The van der Waals surface area contributed by atoms with E-state index in [1.165, 1.54) is 32.4 Å². The molecule has 3 heterocycles. The molecular weight excluding hydrogens is 374 g/mol. The number of anilines is 1. The lowest BCUT2D eigenvalue weighted by molar-refractivity contribution is 0.139. The molecule has 2 aliphatic rings. The van der Waals surface area contributed by atoms with Crippen molar-refractivity contribution in [3.63, 3.8) is 0 Å². The fourth-order valence-corrected chi connectivity index (χ4v) is 4.83. The van der Waals surface area contributed by atoms with Crippen molar-refractivity contribution >= 4 is 11.8 Å². The monoisotopic (exact) mass is 415 g/mol. The third-order valence-electron chi connectivity index (χ3n) is 6.50. The van der Waals surface area contributed by atoms with Crippen LogP contribution in [0.1, 0.15) is 58.4 Å². The lowest BCUT2D eigenvalue weighted by atomic mass is 9.92. The first-order valence-corrected chi connectivity index (χ1v) is 11.9. The number of likely N-dealkylation sites (tertiary alicyclic amines) is 1. The van der Waals surface area contributed by atoms with Crippen LogP contribution in [-0.4, -0.2) is 55.2 Å². The van der Waals surface area contributed by atoms with E-state index < -0.39 is 0 Å². The molecule has 0 spiro atoms. The Morgan fingerprint density at radius 2 is 1.77 bits per heavy atom. The van der Waals surface area contributed by atoms with Gasteiger partial charge < -0.3 is 20.4 Å². The Kier molecular flexibility index (Phi) is 8.79. The number of urea groups is 1. The summed E-state index contributed by atoms with van der Waals surface area (Å²) in [6.07, 6.45) is 7.88. The predicted octanol–water partition coefficient (Wildman–Crippen LogP) is 3.88. The van der Waals surface area contributed by atoms with Crippen LogP contribution in [0.15, 0.2) is 18.3 Å². The number of pyridine rings is 1. The molecule has 2 atom stereocenters. The van der Waals surface area contributed by atoms with Crippen LogP contribution in [0.25, 0.3) is 0 Å². The van der Waals surface area contributed by atoms with Crippen LogP contribution in [-0.2, 0) is 6.54 Å². The zero-order chi connectivity index (χ0) is 21.3. The van der Waals surface area contributed by atoms with Crippen LogP contribution in [0.5, 0.6) is 0 Å².